The number of amides is 2. The number of carbonyl (C=O) groups excluding carboxylic acids is 2. The monoisotopic (exact) mass is 439 g/mol. The summed E-state index contributed by atoms with van der Waals surface area (Å²) in [4.78, 5) is 29.2. The van der Waals surface area contributed by atoms with E-state index in [2.05, 4.69) is 37.9 Å². The molecule has 0 bridgehead atoms. The molecule has 3 rings (SSSR count). The first-order valence-electron chi connectivity index (χ1n) is 11.3. The number of piperazine rings is 1. The number of carbonyl (C=O) groups is 2. The van der Waals surface area contributed by atoms with E-state index in [4.69, 9.17) is 0 Å². The van der Waals surface area contributed by atoms with Crippen LogP contribution in [0.1, 0.15) is 50.9 Å². The molecular weight excluding hydrogens is 405 g/mol. The van der Waals surface area contributed by atoms with E-state index in [1.807, 2.05) is 29.2 Å². The largest absolute Gasteiger partial charge is 0.368 e. The molecule has 1 fully saturated rings. The Morgan fingerprint density at radius 2 is 1.69 bits per heavy atom. The highest BCUT2D eigenvalue weighted by molar-refractivity contribution is 6.04. The maximum atomic E-state index is 13.3. The lowest BCUT2D eigenvalue weighted by molar-refractivity contribution is -0.132. The minimum absolute atomic E-state index is 0.237. The Kier molecular flexibility index (Phi) is 7.54. The van der Waals surface area contributed by atoms with Gasteiger partial charge in [-0.2, -0.15) is 0 Å². The molecule has 6 heteroatoms. The number of rotatable bonds is 6. The van der Waals surface area contributed by atoms with Crippen LogP contribution in [-0.4, -0.2) is 42.9 Å². The molecule has 1 unspecified atom stereocenters. The number of anilines is 2. The van der Waals surface area contributed by atoms with Crippen LogP contribution in [0.4, 0.5) is 15.8 Å². The molecule has 0 aromatic heterocycles. The molecule has 0 saturated carbocycles. The highest BCUT2D eigenvalue weighted by Crippen LogP contribution is 2.27. The third-order valence-electron chi connectivity index (χ3n) is 5.69. The van der Waals surface area contributed by atoms with E-state index in [0.29, 0.717) is 18.0 Å². The van der Waals surface area contributed by atoms with Gasteiger partial charge in [0.1, 0.15) is 5.82 Å². The summed E-state index contributed by atoms with van der Waals surface area (Å²) in [5, 5.41) is 2.79. The zero-order valence-electron chi connectivity index (χ0n) is 19.5. The number of hydrogen-bond donors (Lipinski definition) is 1. The number of nitrogens with zero attached hydrogens (tertiary/aromatic N) is 2. The van der Waals surface area contributed by atoms with Gasteiger partial charge in [-0.1, -0.05) is 33.8 Å². The van der Waals surface area contributed by atoms with Crippen LogP contribution in [0, 0.1) is 17.2 Å². The van der Waals surface area contributed by atoms with Crippen molar-refractivity contribution in [1.29, 1.82) is 0 Å². The fourth-order valence-electron chi connectivity index (χ4n) is 4.35. The van der Waals surface area contributed by atoms with Crippen molar-refractivity contribution >= 4 is 23.2 Å². The van der Waals surface area contributed by atoms with Crippen LogP contribution in [0.5, 0.6) is 0 Å². The van der Waals surface area contributed by atoms with Gasteiger partial charge < -0.3 is 15.1 Å². The van der Waals surface area contributed by atoms with Crippen LogP contribution in [0.25, 0.3) is 0 Å². The maximum absolute atomic E-state index is 13.3. The van der Waals surface area contributed by atoms with E-state index in [1.54, 1.807) is 6.07 Å². The van der Waals surface area contributed by atoms with Gasteiger partial charge >= 0.3 is 0 Å². The Morgan fingerprint density at radius 1 is 1.03 bits per heavy atom. The van der Waals surface area contributed by atoms with Crippen molar-refractivity contribution in [3.8, 4) is 0 Å². The number of nitrogens with one attached hydrogen (secondary N) is 1. The fraction of sp³-hybridized carbons (Fsp3) is 0.462. The Balaban J connectivity index is 1.49. The standard InChI is InChI=1S/C26H34FN3O2/c1-19(18-26(2,3)4)16-24(31)30-14-12-29(13-15-30)23-10-8-22(9-11-23)28-25(32)20-6-5-7-21(27)17-20/h5-11,17,19H,12-16,18H2,1-4H3,(H,28,32). The molecule has 1 heterocycles. The molecule has 1 saturated heterocycles. The number of hydrogen-bond acceptors (Lipinski definition) is 3. The summed E-state index contributed by atoms with van der Waals surface area (Å²) in [7, 11) is 0. The highest BCUT2D eigenvalue weighted by Gasteiger charge is 2.24. The molecule has 2 aromatic rings. The molecule has 0 aliphatic carbocycles. The first-order valence-corrected chi connectivity index (χ1v) is 11.3. The van der Waals surface area contributed by atoms with Gasteiger partial charge in [-0.05, 0) is 60.2 Å². The van der Waals surface area contributed by atoms with Crippen molar-refractivity contribution in [2.45, 2.75) is 40.5 Å². The normalized spacial score (nSPS) is 15.4. The van der Waals surface area contributed by atoms with Gasteiger partial charge in [-0.25, -0.2) is 4.39 Å². The van der Waals surface area contributed by atoms with Gasteiger partial charge in [-0.3, -0.25) is 9.59 Å². The average Bonchev–Trinajstić information content (AvgIpc) is 2.73. The maximum Gasteiger partial charge on any atom is 0.255 e. The molecule has 1 atom stereocenters. The van der Waals surface area contributed by atoms with Crippen LogP contribution in [-0.2, 0) is 4.79 Å². The Hall–Kier alpha value is -2.89. The molecular formula is C26H34FN3O2. The van der Waals surface area contributed by atoms with E-state index in [-0.39, 0.29) is 22.8 Å². The van der Waals surface area contributed by atoms with Crippen molar-refractivity contribution in [1.82, 2.24) is 4.90 Å². The quantitative estimate of drug-likeness (QED) is 0.674. The lowest BCUT2D eigenvalue weighted by Crippen LogP contribution is -2.49. The summed E-state index contributed by atoms with van der Waals surface area (Å²) < 4.78 is 13.3. The zero-order valence-corrected chi connectivity index (χ0v) is 19.5. The summed E-state index contributed by atoms with van der Waals surface area (Å²) in [5.41, 5.74) is 2.24. The fourth-order valence-corrected chi connectivity index (χ4v) is 4.35. The molecule has 1 aliphatic rings. The zero-order chi connectivity index (χ0) is 23.3. The summed E-state index contributed by atoms with van der Waals surface area (Å²) in [6.45, 7) is 11.8. The van der Waals surface area contributed by atoms with E-state index >= 15 is 0 Å². The third kappa shape index (κ3) is 6.81. The minimum atomic E-state index is -0.436. The Bertz CT molecular complexity index is 929. The van der Waals surface area contributed by atoms with Crippen LogP contribution < -0.4 is 10.2 Å². The first kappa shape index (κ1) is 23.8. The Morgan fingerprint density at radius 3 is 2.28 bits per heavy atom. The Labute approximate surface area is 190 Å². The number of benzene rings is 2. The van der Waals surface area contributed by atoms with Gasteiger partial charge in [0.05, 0.1) is 0 Å². The van der Waals surface area contributed by atoms with Crippen LogP contribution in [0.2, 0.25) is 0 Å². The predicted molar refractivity (Wildman–Crippen MR) is 127 cm³/mol. The SMILES string of the molecule is CC(CC(=O)N1CCN(c2ccc(NC(=O)c3cccc(F)c3)cc2)CC1)CC(C)(C)C. The molecule has 0 spiro atoms. The first-order chi connectivity index (χ1) is 15.1. The van der Waals surface area contributed by atoms with E-state index in [1.165, 1.54) is 18.2 Å². The van der Waals surface area contributed by atoms with Crippen molar-refractivity contribution in [2.75, 3.05) is 36.4 Å². The minimum Gasteiger partial charge on any atom is -0.368 e. The van der Waals surface area contributed by atoms with Crippen molar-refractivity contribution in [3.63, 3.8) is 0 Å². The molecule has 0 radical (unpaired) electrons. The molecule has 5 nitrogen and oxygen atoms in total. The topological polar surface area (TPSA) is 52.7 Å². The summed E-state index contributed by atoms with van der Waals surface area (Å²) in [6, 6.07) is 13.2. The summed E-state index contributed by atoms with van der Waals surface area (Å²) in [6.07, 6.45) is 1.65. The highest BCUT2D eigenvalue weighted by atomic mass is 19.1. The number of halogens is 1. The molecule has 2 aromatic carbocycles. The van der Waals surface area contributed by atoms with Crippen LogP contribution in [0.15, 0.2) is 48.5 Å². The van der Waals surface area contributed by atoms with Crippen LogP contribution in [0.3, 0.4) is 0 Å². The smallest absolute Gasteiger partial charge is 0.255 e. The second kappa shape index (κ2) is 10.2. The molecule has 2 amide bonds. The second-order valence-corrected chi connectivity index (χ2v) is 9.95. The van der Waals surface area contributed by atoms with Gasteiger partial charge in [-0.15, -0.1) is 0 Å². The molecule has 172 valence electrons. The summed E-state index contributed by atoms with van der Waals surface area (Å²) in [5.74, 6) is -0.146. The van der Waals surface area contributed by atoms with E-state index < -0.39 is 5.82 Å². The summed E-state index contributed by atoms with van der Waals surface area (Å²) >= 11 is 0. The van der Waals surface area contributed by atoms with Crippen molar-refractivity contribution in [2.24, 2.45) is 11.3 Å². The molecule has 1 N–H and O–H groups in total. The van der Waals surface area contributed by atoms with Crippen molar-refractivity contribution in [3.05, 3.63) is 59.9 Å². The van der Waals surface area contributed by atoms with E-state index in [0.717, 1.165) is 38.3 Å². The van der Waals surface area contributed by atoms with Gasteiger partial charge in [0, 0.05) is 49.5 Å². The van der Waals surface area contributed by atoms with Crippen LogP contribution >= 0.6 is 0 Å². The lowest BCUT2D eigenvalue weighted by atomic mass is 9.84. The van der Waals surface area contributed by atoms with Gasteiger partial charge in [0.15, 0.2) is 0 Å². The second-order valence-electron chi connectivity index (χ2n) is 9.95. The predicted octanol–water partition coefficient (Wildman–Crippen LogP) is 5.19. The molecule has 32 heavy (non-hydrogen) atoms. The van der Waals surface area contributed by atoms with Crippen molar-refractivity contribution < 1.29 is 14.0 Å². The third-order valence-corrected chi connectivity index (χ3v) is 5.69. The van der Waals surface area contributed by atoms with E-state index in [9.17, 15) is 14.0 Å². The van der Waals surface area contributed by atoms with Gasteiger partial charge in [0.25, 0.3) is 5.91 Å². The average molecular weight is 440 g/mol. The lowest BCUT2D eigenvalue weighted by Gasteiger charge is -2.37. The molecule has 1 aliphatic heterocycles. The van der Waals surface area contributed by atoms with Gasteiger partial charge in [0.2, 0.25) is 5.91 Å².